The van der Waals surface area contributed by atoms with Crippen LogP contribution < -0.4 is 5.32 Å². The van der Waals surface area contributed by atoms with E-state index < -0.39 is 23.8 Å². The van der Waals surface area contributed by atoms with Crippen LogP contribution in [0.15, 0.2) is 0 Å². The molecule has 1 aliphatic heterocycles. The summed E-state index contributed by atoms with van der Waals surface area (Å²) in [4.78, 5) is 35.6. The van der Waals surface area contributed by atoms with Crippen molar-refractivity contribution in [2.75, 3.05) is 13.6 Å². The minimum absolute atomic E-state index is 0.117. The molecule has 17 heavy (non-hydrogen) atoms. The highest BCUT2D eigenvalue weighted by atomic mass is 16.4. The molecule has 2 N–H and O–H groups in total. The fourth-order valence-corrected chi connectivity index (χ4v) is 1.70. The SMILES string of the molecule is CC(C(=O)O)C(C)C(=O)NC1CCN(C)C1=O. The van der Waals surface area contributed by atoms with Crippen molar-refractivity contribution in [2.24, 2.45) is 11.8 Å². The summed E-state index contributed by atoms with van der Waals surface area (Å²) in [6, 6.07) is -0.504. The van der Waals surface area contributed by atoms with Gasteiger partial charge in [-0.3, -0.25) is 14.4 Å². The second kappa shape index (κ2) is 5.16. The normalized spacial score (nSPS) is 23.4. The third-order valence-corrected chi connectivity index (χ3v) is 3.30. The van der Waals surface area contributed by atoms with Crippen molar-refractivity contribution in [3.05, 3.63) is 0 Å². The molecular weight excluding hydrogens is 224 g/mol. The number of hydrogen-bond acceptors (Lipinski definition) is 3. The Labute approximate surface area is 100.0 Å². The lowest BCUT2D eigenvalue weighted by molar-refractivity contribution is -0.146. The zero-order chi connectivity index (χ0) is 13.2. The average molecular weight is 242 g/mol. The summed E-state index contributed by atoms with van der Waals surface area (Å²) in [5.74, 6) is -2.92. The topological polar surface area (TPSA) is 86.7 Å². The van der Waals surface area contributed by atoms with Crippen molar-refractivity contribution >= 4 is 17.8 Å². The molecule has 2 amide bonds. The van der Waals surface area contributed by atoms with Crippen LogP contribution in [0.1, 0.15) is 20.3 Å². The summed E-state index contributed by atoms with van der Waals surface area (Å²) in [6.07, 6.45) is 0.579. The van der Waals surface area contributed by atoms with Crippen LogP contribution in [0.4, 0.5) is 0 Å². The maximum absolute atomic E-state index is 11.8. The van der Waals surface area contributed by atoms with Gasteiger partial charge in [-0.2, -0.15) is 0 Å². The first-order valence-electron chi connectivity index (χ1n) is 5.62. The number of carboxylic acids is 1. The number of likely N-dealkylation sites (tertiary alicyclic amines) is 1. The number of carbonyl (C=O) groups is 3. The Morgan fingerprint density at radius 3 is 2.41 bits per heavy atom. The first-order valence-corrected chi connectivity index (χ1v) is 5.62. The molecule has 0 aliphatic carbocycles. The number of hydrogen-bond donors (Lipinski definition) is 2. The second-order valence-electron chi connectivity index (χ2n) is 4.53. The Bertz CT molecular complexity index is 342. The molecule has 0 saturated carbocycles. The molecule has 0 radical (unpaired) electrons. The summed E-state index contributed by atoms with van der Waals surface area (Å²) in [7, 11) is 1.68. The van der Waals surface area contributed by atoms with Gasteiger partial charge in [0.1, 0.15) is 6.04 Å². The third kappa shape index (κ3) is 2.95. The molecule has 1 fully saturated rings. The zero-order valence-corrected chi connectivity index (χ0v) is 10.3. The maximum atomic E-state index is 11.8. The Balaban J connectivity index is 2.55. The smallest absolute Gasteiger partial charge is 0.307 e. The molecular formula is C11H18N2O4. The van der Waals surface area contributed by atoms with Gasteiger partial charge in [-0.1, -0.05) is 13.8 Å². The highest BCUT2D eigenvalue weighted by Crippen LogP contribution is 2.14. The number of amides is 2. The van der Waals surface area contributed by atoms with Crippen molar-refractivity contribution in [1.82, 2.24) is 10.2 Å². The van der Waals surface area contributed by atoms with E-state index in [2.05, 4.69) is 5.32 Å². The van der Waals surface area contributed by atoms with E-state index in [0.29, 0.717) is 13.0 Å². The van der Waals surface area contributed by atoms with Gasteiger partial charge in [-0.15, -0.1) is 0 Å². The van der Waals surface area contributed by atoms with Crippen LogP contribution in [0.5, 0.6) is 0 Å². The van der Waals surface area contributed by atoms with E-state index in [9.17, 15) is 14.4 Å². The Kier molecular flexibility index (Phi) is 4.09. The summed E-state index contributed by atoms with van der Waals surface area (Å²) < 4.78 is 0. The Morgan fingerprint density at radius 2 is 2.00 bits per heavy atom. The summed E-state index contributed by atoms with van der Waals surface area (Å²) in [6.45, 7) is 3.65. The van der Waals surface area contributed by atoms with Gasteiger partial charge >= 0.3 is 5.97 Å². The van der Waals surface area contributed by atoms with Crippen LogP contribution in [0.3, 0.4) is 0 Å². The third-order valence-electron chi connectivity index (χ3n) is 3.30. The van der Waals surface area contributed by atoms with E-state index >= 15 is 0 Å². The van der Waals surface area contributed by atoms with Crippen LogP contribution >= 0.6 is 0 Å². The summed E-state index contributed by atoms with van der Waals surface area (Å²) in [5, 5.41) is 11.4. The van der Waals surface area contributed by atoms with E-state index in [1.807, 2.05) is 0 Å². The molecule has 1 rings (SSSR count). The molecule has 1 aliphatic rings. The highest BCUT2D eigenvalue weighted by Gasteiger charge is 2.33. The van der Waals surface area contributed by atoms with E-state index in [0.717, 1.165) is 0 Å². The molecule has 0 aromatic rings. The van der Waals surface area contributed by atoms with E-state index in [4.69, 9.17) is 5.11 Å². The fraction of sp³-hybridized carbons (Fsp3) is 0.727. The molecule has 3 unspecified atom stereocenters. The van der Waals surface area contributed by atoms with Crippen LogP contribution in [-0.4, -0.2) is 47.4 Å². The van der Waals surface area contributed by atoms with Crippen molar-refractivity contribution in [1.29, 1.82) is 0 Å². The van der Waals surface area contributed by atoms with Gasteiger partial charge in [0.05, 0.1) is 5.92 Å². The van der Waals surface area contributed by atoms with Crippen LogP contribution in [-0.2, 0) is 14.4 Å². The minimum atomic E-state index is -1.01. The molecule has 0 aromatic heterocycles. The lowest BCUT2D eigenvalue weighted by Gasteiger charge is -2.18. The molecule has 0 bridgehead atoms. The van der Waals surface area contributed by atoms with E-state index in [1.165, 1.54) is 6.92 Å². The molecule has 96 valence electrons. The molecule has 6 heteroatoms. The number of carboxylic acid groups (broad SMARTS) is 1. The standard InChI is InChI=1S/C11H18N2O4/c1-6(7(2)11(16)17)9(14)12-8-4-5-13(3)10(8)15/h6-8H,4-5H2,1-3H3,(H,12,14)(H,16,17). The first kappa shape index (κ1) is 13.5. The number of rotatable bonds is 4. The van der Waals surface area contributed by atoms with Crippen molar-refractivity contribution in [3.8, 4) is 0 Å². The van der Waals surface area contributed by atoms with Gasteiger partial charge < -0.3 is 15.3 Å². The van der Waals surface area contributed by atoms with Gasteiger partial charge in [0.2, 0.25) is 11.8 Å². The van der Waals surface area contributed by atoms with Crippen LogP contribution in [0.2, 0.25) is 0 Å². The second-order valence-corrected chi connectivity index (χ2v) is 4.53. The molecule has 0 aromatic carbocycles. The van der Waals surface area contributed by atoms with Gasteiger partial charge in [0, 0.05) is 19.5 Å². The number of likely N-dealkylation sites (N-methyl/N-ethyl adjacent to an activating group) is 1. The number of nitrogens with zero attached hydrogens (tertiary/aromatic N) is 1. The highest BCUT2D eigenvalue weighted by molar-refractivity contribution is 5.91. The van der Waals surface area contributed by atoms with Crippen molar-refractivity contribution < 1.29 is 19.5 Å². The van der Waals surface area contributed by atoms with Gasteiger partial charge in [0.25, 0.3) is 0 Å². The number of carbonyl (C=O) groups excluding carboxylic acids is 2. The number of nitrogens with one attached hydrogen (secondary N) is 1. The zero-order valence-electron chi connectivity index (χ0n) is 10.3. The molecule has 1 heterocycles. The van der Waals surface area contributed by atoms with Crippen molar-refractivity contribution in [2.45, 2.75) is 26.3 Å². The molecule has 3 atom stereocenters. The predicted molar refractivity (Wildman–Crippen MR) is 60.1 cm³/mol. The van der Waals surface area contributed by atoms with Gasteiger partial charge in [0.15, 0.2) is 0 Å². The predicted octanol–water partition coefficient (Wildman–Crippen LogP) is -0.310. The molecule has 6 nitrogen and oxygen atoms in total. The van der Waals surface area contributed by atoms with E-state index in [1.54, 1.807) is 18.9 Å². The lowest BCUT2D eigenvalue weighted by Crippen LogP contribution is -2.44. The fourth-order valence-electron chi connectivity index (χ4n) is 1.70. The quantitative estimate of drug-likeness (QED) is 0.708. The van der Waals surface area contributed by atoms with Gasteiger partial charge in [-0.25, -0.2) is 0 Å². The largest absolute Gasteiger partial charge is 0.481 e. The first-order chi connectivity index (χ1) is 7.84. The van der Waals surface area contributed by atoms with E-state index in [-0.39, 0.29) is 11.8 Å². The van der Waals surface area contributed by atoms with Gasteiger partial charge in [-0.05, 0) is 6.42 Å². The Morgan fingerprint density at radius 1 is 1.41 bits per heavy atom. The maximum Gasteiger partial charge on any atom is 0.307 e. The summed E-state index contributed by atoms with van der Waals surface area (Å²) >= 11 is 0. The average Bonchev–Trinajstić information content (AvgIpc) is 2.58. The minimum Gasteiger partial charge on any atom is -0.481 e. The van der Waals surface area contributed by atoms with Crippen LogP contribution in [0.25, 0.3) is 0 Å². The van der Waals surface area contributed by atoms with Crippen molar-refractivity contribution in [3.63, 3.8) is 0 Å². The van der Waals surface area contributed by atoms with Crippen LogP contribution in [0, 0.1) is 11.8 Å². The number of aliphatic carboxylic acids is 1. The lowest BCUT2D eigenvalue weighted by atomic mass is 9.95. The molecule has 0 spiro atoms. The molecule has 1 saturated heterocycles. The Hall–Kier alpha value is -1.59. The summed E-state index contributed by atoms with van der Waals surface area (Å²) in [5.41, 5.74) is 0. The monoisotopic (exact) mass is 242 g/mol.